The van der Waals surface area contributed by atoms with Gasteiger partial charge in [0.2, 0.25) is 0 Å². The van der Waals surface area contributed by atoms with E-state index in [0.717, 1.165) is 29.5 Å². The first-order chi connectivity index (χ1) is 14.7. The van der Waals surface area contributed by atoms with Crippen molar-refractivity contribution in [1.29, 1.82) is 0 Å². The first-order valence-corrected chi connectivity index (χ1v) is 9.81. The maximum Gasteiger partial charge on any atom is 0.416 e. The summed E-state index contributed by atoms with van der Waals surface area (Å²) in [7, 11) is 1.19. The van der Waals surface area contributed by atoms with Crippen molar-refractivity contribution in [3.05, 3.63) is 69.4 Å². The number of carbonyl (C=O) groups excluding carboxylic acids is 2. The van der Waals surface area contributed by atoms with Crippen molar-refractivity contribution < 1.29 is 32.2 Å². The van der Waals surface area contributed by atoms with Gasteiger partial charge in [0.15, 0.2) is 16.4 Å². The Labute approximate surface area is 183 Å². The van der Waals surface area contributed by atoms with Gasteiger partial charge in [0, 0.05) is 10.7 Å². The Morgan fingerprint density at radius 1 is 1.00 bits per heavy atom. The molecule has 0 atom stereocenters. The van der Waals surface area contributed by atoms with E-state index in [9.17, 15) is 22.8 Å². The summed E-state index contributed by atoms with van der Waals surface area (Å²) in [6.45, 7) is 0. The van der Waals surface area contributed by atoms with Gasteiger partial charge in [-0.3, -0.25) is 0 Å². The van der Waals surface area contributed by atoms with E-state index in [2.05, 4.69) is 15.4 Å². The summed E-state index contributed by atoms with van der Waals surface area (Å²) in [4.78, 5) is 24.3. The van der Waals surface area contributed by atoms with E-state index >= 15 is 0 Å². The average molecular weight is 471 g/mol. The fourth-order valence-electron chi connectivity index (χ4n) is 2.45. The maximum atomic E-state index is 13.2. The molecule has 0 saturated carbocycles. The minimum absolute atomic E-state index is 0.0813. The van der Waals surface area contributed by atoms with E-state index in [1.807, 2.05) is 0 Å². The van der Waals surface area contributed by atoms with Gasteiger partial charge in [-0.15, -0.1) is 11.3 Å². The minimum atomic E-state index is -4.64. The van der Waals surface area contributed by atoms with Crippen molar-refractivity contribution >= 4 is 46.3 Å². The molecule has 0 spiro atoms. The maximum absolute atomic E-state index is 13.2. The van der Waals surface area contributed by atoms with E-state index in [1.54, 1.807) is 17.5 Å². The predicted molar refractivity (Wildman–Crippen MR) is 111 cm³/mol. The molecule has 11 heteroatoms. The third-order valence-electron chi connectivity index (χ3n) is 3.88. The van der Waals surface area contributed by atoms with Crippen LogP contribution in [-0.4, -0.2) is 19.1 Å². The number of nitrogens with one attached hydrogen (secondary N) is 2. The molecule has 1 heterocycles. The van der Waals surface area contributed by atoms with Crippen LogP contribution in [0.15, 0.2) is 53.9 Å². The van der Waals surface area contributed by atoms with Crippen LogP contribution in [0.2, 0.25) is 5.02 Å². The molecule has 0 bridgehead atoms. The molecule has 0 fully saturated rings. The number of amides is 2. The zero-order valence-corrected chi connectivity index (χ0v) is 17.3. The van der Waals surface area contributed by atoms with E-state index in [0.29, 0.717) is 10.7 Å². The van der Waals surface area contributed by atoms with Crippen molar-refractivity contribution in [3.8, 4) is 11.5 Å². The molecule has 162 valence electrons. The molecule has 1 aromatic heterocycles. The zero-order chi connectivity index (χ0) is 22.6. The van der Waals surface area contributed by atoms with Gasteiger partial charge >= 0.3 is 18.2 Å². The molecule has 6 nitrogen and oxygen atoms in total. The molecule has 3 aromatic rings. The van der Waals surface area contributed by atoms with Crippen LogP contribution in [0.25, 0.3) is 0 Å². The summed E-state index contributed by atoms with van der Waals surface area (Å²) in [5.41, 5.74) is -0.856. The van der Waals surface area contributed by atoms with Crippen molar-refractivity contribution in [3.63, 3.8) is 0 Å². The summed E-state index contributed by atoms with van der Waals surface area (Å²) >= 11 is 6.83. The number of ether oxygens (including phenoxy) is 2. The Morgan fingerprint density at radius 3 is 2.35 bits per heavy atom. The first kappa shape index (κ1) is 22.4. The van der Waals surface area contributed by atoms with Crippen molar-refractivity contribution in [1.82, 2.24) is 0 Å². The van der Waals surface area contributed by atoms with Crippen LogP contribution in [0.3, 0.4) is 0 Å². The molecule has 0 saturated heterocycles. The Kier molecular flexibility index (Phi) is 6.71. The van der Waals surface area contributed by atoms with Crippen LogP contribution < -0.4 is 15.4 Å². The fourth-order valence-corrected chi connectivity index (χ4v) is 3.31. The number of thiophene rings is 1. The zero-order valence-electron chi connectivity index (χ0n) is 15.7. The summed E-state index contributed by atoms with van der Waals surface area (Å²) in [6.07, 6.45) is -4.64. The van der Waals surface area contributed by atoms with Crippen molar-refractivity contribution in [2.75, 3.05) is 17.7 Å². The molecule has 0 aliphatic carbocycles. The minimum Gasteiger partial charge on any atom is -0.465 e. The number of esters is 1. The van der Waals surface area contributed by atoms with Gasteiger partial charge in [0.1, 0.15) is 0 Å². The third-order valence-corrected chi connectivity index (χ3v) is 5.00. The highest BCUT2D eigenvalue weighted by molar-refractivity contribution is 7.12. The number of anilines is 2. The molecule has 0 aliphatic heterocycles. The highest BCUT2D eigenvalue weighted by Gasteiger charge is 2.31. The van der Waals surface area contributed by atoms with Gasteiger partial charge in [-0.05, 0) is 53.9 Å². The van der Waals surface area contributed by atoms with Crippen LogP contribution in [0, 0.1) is 0 Å². The largest absolute Gasteiger partial charge is 0.465 e. The Morgan fingerprint density at radius 2 is 1.71 bits per heavy atom. The van der Waals surface area contributed by atoms with Crippen molar-refractivity contribution in [2.45, 2.75) is 6.18 Å². The summed E-state index contributed by atoms with van der Waals surface area (Å²) in [5.74, 6) is -0.674. The summed E-state index contributed by atoms with van der Waals surface area (Å²) in [6, 6.07) is 9.40. The normalized spacial score (nSPS) is 11.0. The van der Waals surface area contributed by atoms with E-state index in [1.165, 1.54) is 25.3 Å². The van der Waals surface area contributed by atoms with Crippen LogP contribution >= 0.6 is 22.9 Å². The lowest BCUT2D eigenvalue weighted by molar-refractivity contribution is -0.137. The van der Waals surface area contributed by atoms with Gasteiger partial charge < -0.3 is 20.1 Å². The molecule has 2 aromatic carbocycles. The number of urea groups is 1. The highest BCUT2D eigenvalue weighted by atomic mass is 35.5. The van der Waals surface area contributed by atoms with Crippen molar-refractivity contribution in [2.24, 2.45) is 0 Å². The lowest BCUT2D eigenvalue weighted by Gasteiger charge is -2.15. The lowest BCUT2D eigenvalue weighted by Crippen LogP contribution is -2.20. The number of carbonyl (C=O) groups is 2. The molecule has 2 N–H and O–H groups in total. The second-order valence-corrected chi connectivity index (χ2v) is 7.35. The number of alkyl halides is 3. The molecule has 31 heavy (non-hydrogen) atoms. The number of methoxy groups -OCH3 is 1. The molecule has 3 rings (SSSR count). The third kappa shape index (κ3) is 5.68. The Bertz CT molecular complexity index is 1100. The Hall–Kier alpha value is -3.24. The van der Waals surface area contributed by atoms with Gasteiger partial charge in [-0.1, -0.05) is 11.6 Å². The van der Waals surface area contributed by atoms with Gasteiger partial charge in [-0.2, -0.15) is 13.2 Å². The molecule has 0 unspecified atom stereocenters. The van der Waals surface area contributed by atoms with Gasteiger partial charge in [0.25, 0.3) is 0 Å². The molecular weight excluding hydrogens is 457 g/mol. The topological polar surface area (TPSA) is 76.7 Å². The second-order valence-electron chi connectivity index (χ2n) is 6.00. The standard InChI is InChI=1S/C20H14ClF3N2O4S/c1-29-18(27)17-16(8-9-31-17)30-15-7-2-11(20(22,23)24)10-14(15)26-19(28)25-13-5-3-12(21)4-6-13/h2-10H,1H3,(H2,25,26,28). The SMILES string of the molecule is COC(=O)c1sccc1Oc1ccc(C(F)(F)F)cc1NC(=O)Nc1ccc(Cl)cc1. The number of benzene rings is 2. The van der Waals surface area contributed by atoms with Crippen LogP contribution in [0.1, 0.15) is 15.2 Å². The smallest absolute Gasteiger partial charge is 0.416 e. The average Bonchev–Trinajstić information content (AvgIpc) is 3.18. The number of rotatable bonds is 5. The Balaban J connectivity index is 1.89. The number of halogens is 4. The predicted octanol–water partition coefficient (Wildman–Crippen LogP) is 6.64. The first-order valence-electron chi connectivity index (χ1n) is 8.56. The molecule has 2 amide bonds. The molecule has 0 aliphatic rings. The summed E-state index contributed by atoms with van der Waals surface area (Å²) < 4.78 is 49.8. The molecule has 0 radical (unpaired) electrons. The van der Waals surface area contributed by atoms with Gasteiger partial charge in [0.05, 0.1) is 18.4 Å². The van der Waals surface area contributed by atoms with E-state index < -0.39 is 23.7 Å². The number of hydrogen-bond acceptors (Lipinski definition) is 5. The van der Waals surface area contributed by atoms with Crippen LogP contribution in [-0.2, 0) is 10.9 Å². The monoisotopic (exact) mass is 470 g/mol. The lowest BCUT2D eigenvalue weighted by atomic mass is 10.1. The van der Waals surface area contributed by atoms with Crippen LogP contribution in [0.4, 0.5) is 29.3 Å². The van der Waals surface area contributed by atoms with Crippen LogP contribution in [0.5, 0.6) is 11.5 Å². The highest BCUT2D eigenvalue weighted by Crippen LogP contribution is 2.38. The second kappa shape index (κ2) is 9.27. The molecular formula is C20H14ClF3N2O4S. The fraction of sp³-hybridized carbons (Fsp3) is 0.100. The van der Waals surface area contributed by atoms with E-state index in [-0.39, 0.29) is 22.1 Å². The number of hydrogen-bond donors (Lipinski definition) is 2. The summed E-state index contributed by atoms with van der Waals surface area (Å²) in [5, 5.41) is 6.84. The van der Waals surface area contributed by atoms with Gasteiger partial charge in [-0.25, -0.2) is 9.59 Å². The quantitative estimate of drug-likeness (QED) is 0.410. The van der Waals surface area contributed by atoms with E-state index in [4.69, 9.17) is 16.3 Å².